The van der Waals surface area contributed by atoms with Gasteiger partial charge in [0.25, 0.3) is 0 Å². The molecule has 1 fully saturated rings. The summed E-state index contributed by atoms with van der Waals surface area (Å²) >= 11 is 0. The summed E-state index contributed by atoms with van der Waals surface area (Å²) in [5.74, 6) is -0.125. The second-order valence-electron chi connectivity index (χ2n) is 7.88. The van der Waals surface area contributed by atoms with Crippen LogP contribution in [0.4, 0.5) is 0 Å². The first-order valence-corrected chi connectivity index (χ1v) is 10.0. The van der Waals surface area contributed by atoms with Crippen LogP contribution >= 0.6 is 0 Å². The zero-order valence-corrected chi connectivity index (χ0v) is 16.6. The number of epoxide rings is 1. The average Bonchev–Trinajstić information content (AvgIpc) is 3.36. The number of hydrogen-bond donors (Lipinski definition) is 1. The number of carbonyl (C=O) groups is 1. The van der Waals surface area contributed by atoms with Gasteiger partial charge in [0.1, 0.15) is 12.2 Å². The number of allylic oxidation sites excluding steroid dienone is 1. The van der Waals surface area contributed by atoms with Crippen molar-refractivity contribution in [2.75, 3.05) is 7.11 Å². The van der Waals surface area contributed by atoms with Gasteiger partial charge in [0.2, 0.25) is 0 Å². The Kier molecular flexibility index (Phi) is 10.4. The van der Waals surface area contributed by atoms with Gasteiger partial charge in [0.15, 0.2) is 0 Å². The molecule has 0 aliphatic carbocycles. The fourth-order valence-corrected chi connectivity index (χ4v) is 3.19. The number of ether oxygens (including phenoxy) is 2. The molecule has 4 nitrogen and oxygen atoms in total. The molecule has 0 saturated carbocycles. The van der Waals surface area contributed by atoms with Crippen LogP contribution in [0.15, 0.2) is 12.2 Å². The number of unbranched alkanes of at least 4 members (excludes halogenated alkanes) is 6. The lowest BCUT2D eigenvalue weighted by atomic mass is 9.87. The van der Waals surface area contributed by atoms with E-state index in [0.717, 1.165) is 44.9 Å². The lowest BCUT2D eigenvalue weighted by Gasteiger charge is -2.20. The van der Waals surface area contributed by atoms with E-state index in [1.54, 1.807) is 0 Å². The van der Waals surface area contributed by atoms with Gasteiger partial charge in [-0.2, -0.15) is 0 Å². The first-order valence-electron chi connectivity index (χ1n) is 10.0. The molecule has 3 unspecified atom stereocenters. The smallest absolute Gasteiger partial charge is 0.311 e. The minimum absolute atomic E-state index is 0.0219. The van der Waals surface area contributed by atoms with E-state index in [1.807, 2.05) is 19.9 Å². The lowest BCUT2D eigenvalue weighted by molar-refractivity contribution is -0.151. The minimum atomic E-state index is -0.451. The molecule has 0 bridgehead atoms. The van der Waals surface area contributed by atoms with E-state index in [1.165, 1.54) is 26.4 Å². The zero-order chi connectivity index (χ0) is 18.7. The molecule has 0 aromatic heterocycles. The average molecular weight is 355 g/mol. The Morgan fingerprint density at radius 2 is 1.92 bits per heavy atom. The molecule has 1 aliphatic rings. The maximum Gasteiger partial charge on any atom is 0.311 e. The Morgan fingerprint density at radius 1 is 1.20 bits per heavy atom. The maximum absolute atomic E-state index is 11.6. The summed E-state index contributed by atoms with van der Waals surface area (Å²) in [7, 11) is 1.45. The van der Waals surface area contributed by atoms with Crippen molar-refractivity contribution in [3.63, 3.8) is 0 Å². The Hall–Kier alpha value is -0.870. The molecule has 25 heavy (non-hydrogen) atoms. The highest BCUT2D eigenvalue weighted by atomic mass is 16.6. The Bertz CT molecular complexity index is 403. The standard InChI is InChI=1S/C21H38O4/c1-5-6-11-15-18-19(25-18)17(22)14-12-9-7-8-10-13-16-21(2,3)20(23)24-4/h12,14,17-19,22H,5-11,13,15-16H2,1-4H3/b14-12-. The molecule has 0 spiro atoms. The van der Waals surface area contributed by atoms with Crippen LogP contribution < -0.4 is 0 Å². The topological polar surface area (TPSA) is 59.1 Å². The van der Waals surface area contributed by atoms with Gasteiger partial charge in [-0.05, 0) is 39.5 Å². The Labute approximate surface area is 154 Å². The van der Waals surface area contributed by atoms with Crippen LogP contribution in [0.2, 0.25) is 0 Å². The van der Waals surface area contributed by atoms with Crippen LogP contribution in [0.1, 0.15) is 85.0 Å². The summed E-state index contributed by atoms with van der Waals surface area (Å²) in [6.07, 6.45) is 14.8. The van der Waals surface area contributed by atoms with Crippen molar-refractivity contribution in [2.24, 2.45) is 5.41 Å². The molecular weight excluding hydrogens is 316 g/mol. The molecule has 0 amide bonds. The second kappa shape index (κ2) is 11.7. The Morgan fingerprint density at radius 3 is 2.60 bits per heavy atom. The number of aliphatic hydroxyl groups excluding tert-OH is 1. The first-order chi connectivity index (χ1) is 11.9. The molecule has 1 aliphatic heterocycles. The third kappa shape index (κ3) is 8.87. The van der Waals surface area contributed by atoms with Crippen LogP contribution in [-0.2, 0) is 14.3 Å². The maximum atomic E-state index is 11.6. The van der Waals surface area contributed by atoms with Crippen molar-refractivity contribution < 1.29 is 19.4 Å². The first kappa shape index (κ1) is 22.2. The number of aliphatic hydroxyl groups is 1. The molecule has 0 radical (unpaired) electrons. The third-order valence-corrected chi connectivity index (χ3v) is 5.04. The van der Waals surface area contributed by atoms with Gasteiger partial charge in [0, 0.05) is 0 Å². The van der Waals surface area contributed by atoms with Crippen molar-refractivity contribution >= 4 is 5.97 Å². The van der Waals surface area contributed by atoms with Crippen LogP contribution in [0.5, 0.6) is 0 Å². The highest BCUT2D eigenvalue weighted by molar-refractivity contribution is 5.75. The predicted molar refractivity (Wildman–Crippen MR) is 101 cm³/mol. The summed E-state index contributed by atoms with van der Waals surface area (Å²) in [6, 6.07) is 0. The van der Waals surface area contributed by atoms with Crippen molar-refractivity contribution in [3.8, 4) is 0 Å². The number of esters is 1. The summed E-state index contributed by atoms with van der Waals surface area (Å²) in [5.41, 5.74) is -0.378. The van der Waals surface area contributed by atoms with Gasteiger partial charge in [-0.1, -0.05) is 57.6 Å². The highest BCUT2D eigenvalue weighted by Crippen LogP contribution is 2.31. The van der Waals surface area contributed by atoms with Crippen LogP contribution in [-0.4, -0.2) is 36.5 Å². The van der Waals surface area contributed by atoms with Gasteiger partial charge in [-0.25, -0.2) is 0 Å². The second-order valence-corrected chi connectivity index (χ2v) is 7.88. The number of carbonyl (C=O) groups excluding carboxylic acids is 1. The van der Waals surface area contributed by atoms with Crippen molar-refractivity contribution in [1.29, 1.82) is 0 Å². The van der Waals surface area contributed by atoms with Gasteiger partial charge in [-0.3, -0.25) is 4.79 Å². The monoisotopic (exact) mass is 354 g/mol. The largest absolute Gasteiger partial charge is 0.469 e. The van der Waals surface area contributed by atoms with E-state index >= 15 is 0 Å². The number of methoxy groups -OCH3 is 1. The molecule has 0 aromatic rings. The molecule has 1 saturated heterocycles. The van der Waals surface area contributed by atoms with Gasteiger partial charge < -0.3 is 14.6 Å². The van der Waals surface area contributed by atoms with E-state index < -0.39 is 6.10 Å². The summed E-state index contributed by atoms with van der Waals surface area (Å²) < 4.78 is 10.4. The van der Waals surface area contributed by atoms with Crippen LogP contribution in [0.3, 0.4) is 0 Å². The normalized spacial score (nSPS) is 21.5. The molecule has 1 heterocycles. The minimum Gasteiger partial charge on any atom is -0.469 e. The molecule has 146 valence electrons. The summed E-state index contributed by atoms with van der Waals surface area (Å²) in [6.45, 7) is 6.08. The Balaban J connectivity index is 2.01. The van der Waals surface area contributed by atoms with E-state index in [0.29, 0.717) is 0 Å². The van der Waals surface area contributed by atoms with Crippen molar-refractivity contribution in [3.05, 3.63) is 12.2 Å². The summed E-state index contributed by atoms with van der Waals surface area (Å²) in [4.78, 5) is 11.6. The van der Waals surface area contributed by atoms with Crippen molar-refractivity contribution in [2.45, 2.75) is 103 Å². The van der Waals surface area contributed by atoms with E-state index in [4.69, 9.17) is 9.47 Å². The van der Waals surface area contributed by atoms with Crippen LogP contribution in [0.25, 0.3) is 0 Å². The van der Waals surface area contributed by atoms with Gasteiger partial charge in [-0.15, -0.1) is 0 Å². The van der Waals surface area contributed by atoms with Crippen LogP contribution in [0, 0.1) is 5.41 Å². The fourth-order valence-electron chi connectivity index (χ4n) is 3.19. The lowest BCUT2D eigenvalue weighted by Crippen LogP contribution is -2.25. The third-order valence-electron chi connectivity index (χ3n) is 5.04. The molecule has 1 rings (SSSR count). The molecule has 0 aromatic carbocycles. The molecule has 3 atom stereocenters. The quantitative estimate of drug-likeness (QED) is 0.211. The van der Waals surface area contributed by atoms with Gasteiger partial charge in [0.05, 0.1) is 18.6 Å². The predicted octanol–water partition coefficient (Wildman–Crippen LogP) is 4.79. The number of rotatable bonds is 14. The van der Waals surface area contributed by atoms with Crippen molar-refractivity contribution in [1.82, 2.24) is 0 Å². The number of hydrogen-bond acceptors (Lipinski definition) is 4. The molecule has 1 N–H and O–H groups in total. The van der Waals surface area contributed by atoms with E-state index in [9.17, 15) is 9.90 Å². The van der Waals surface area contributed by atoms with E-state index in [2.05, 4.69) is 13.0 Å². The fraction of sp³-hybridized carbons (Fsp3) is 0.857. The highest BCUT2D eigenvalue weighted by Gasteiger charge is 2.42. The molecular formula is C21H38O4. The van der Waals surface area contributed by atoms with Gasteiger partial charge >= 0.3 is 5.97 Å². The SMILES string of the molecule is CCCCCC1OC1C(O)/C=C\CCCCCCC(C)(C)C(=O)OC. The zero-order valence-electron chi connectivity index (χ0n) is 16.6. The molecule has 4 heteroatoms. The van der Waals surface area contributed by atoms with E-state index in [-0.39, 0.29) is 23.6 Å². The summed E-state index contributed by atoms with van der Waals surface area (Å²) in [5, 5.41) is 10.1.